The van der Waals surface area contributed by atoms with Gasteiger partial charge in [-0.25, -0.2) is 0 Å². The summed E-state index contributed by atoms with van der Waals surface area (Å²) in [5, 5.41) is 3.41. The summed E-state index contributed by atoms with van der Waals surface area (Å²) < 4.78 is 0. The molecule has 3 rings (SSSR count). The van der Waals surface area contributed by atoms with Crippen molar-refractivity contribution in [2.45, 2.75) is 57.4 Å². The second-order valence-electron chi connectivity index (χ2n) is 7.07. The first kappa shape index (κ1) is 15.3. The van der Waals surface area contributed by atoms with Crippen LogP contribution < -0.4 is 5.32 Å². The van der Waals surface area contributed by atoms with Gasteiger partial charge in [-0.15, -0.1) is 0 Å². The first-order valence-corrected chi connectivity index (χ1v) is 9.07. The molecule has 3 fully saturated rings. The molecule has 3 aliphatic rings. The van der Waals surface area contributed by atoms with Gasteiger partial charge < -0.3 is 10.2 Å². The lowest BCUT2D eigenvalue weighted by Gasteiger charge is -2.35. The van der Waals surface area contributed by atoms with Crippen LogP contribution in [0, 0.1) is 5.92 Å². The van der Waals surface area contributed by atoms with Crippen LogP contribution >= 0.6 is 0 Å². The van der Waals surface area contributed by atoms with Crippen LogP contribution in [0.4, 0.5) is 0 Å². The van der Waals surface area contributed by atoms with E-state index in [9.17, 15) is 4.79 Å². The van der Waals surface area contributed by atoms with Crippen molar-refractivity contribution < 1.29 is 4.79 Å². The van der Waals surface area contributed by atoms with E-state index in [2.05, 4.69) is 15.1 Å². The van der Waals surface area contributed by atoms with Crippen LogP contribution in [0.3, 0.4) is 0 Å². The molecule has 0 spiro atoms. The van der Waals surface area contributed by atoms with Crippen molar-refractivity contribution in [2.75, 3.05) is 39.3 Å². The quantitative estimate of drug-likeness (QED) is 0.862. The summed E-state index contributed by atoms with van der Waals surface area (Å²) in [7, 11) is 0. The van der Waals surface area contributed by atoms with E-state index in [0.717, 1.165) is 38.6 Å². The average Bonchev–Trinajstić information content (AvgIpc) is 2.87. The van der Waals surface area contributed by atoms with Crippen LogP contribution in [0.2, 0.25) is 0 Å². The SMILES string of the molecule is O=C(CN1CCCNCC1)N1CCCC1C1CCCCC1. The molecule has 0 radical (unpaired) electrons. The minimum Gasteiger partial charge on any atom is -0.338 e. The lowest BCUT2D eigenvalue weighted by molar-refractivity contribution is -0.134. The molecular formula is C17H31N3O. The molecule has 1 aliphatic carbocycles. The Morgan fingerprint density at radius 3 is 2.62 bits per heavy atom. The maximum absolute atomic E-state index is 12.7. The van der Waals surface area contributed by atoms with Crippen LogP contribution in [0.5, 0.6) is 0 Å². The van der Waals surface area contributed by atoms with Crippen LogP contribution in [-0.4, -0.2) is 61.0 Å². The van der Waals surface area contributed by atoms with E-state index in [4.69, 9.17) is 0 Å². The van der Waals surface area contributed by atoms with Crippen molar-refractivity contribution in [3.05, 3.63) is 0 Å². The lowest BCUT2D eigenvalue weighted by Crippen LogP contribution is -2.46. The molecule has 1 amide bonds. The zero-order valence-electron chi connectivity index (χ0n) is 13.4. The standard InChI is InChI=1S/C17H31N3O/c21-17(14-19-11-5-9-18-10-13-19)20-12-4-8-16(20)15-6-2-1-3-7-15/h15-16,18H,1-14H2. The summed E-state index contributed by atoms with van der Waals surface area (Å²) in [5.74, 6) is 1.18. The van der Waals surface area contributed by atoms with Crippen molar-refractivity contribution in [1.82, 2.24) is 15.1 Å². The molecule has 21 heavy (non-hydrogen) atoms. The highest BCUT2D eigenvalue weighted by Gasteiger charge is 2.35. The molecule has 1 unspecified atom stereocenters. The zero-order chi connectivity index (χ0) is 14.5. The Hall–Kier alpha value is -0.610. The van der Waals surface area contributed by atoms with Gasteiger partial charge >= 0.3 is 0 Å². The molecule has 0 aromatic rings. The lowest BCUT2D eigenvalue weighted by atomic mass is 9.83. The van der Waals surface area contributed by atoms with E-state index in [-0.39, 0.29) is 0 Å². The molecule has 1 atom stereocenters. The molecule has 0 bridgehead atoms. The fraction of sp³-hybridized carbons (Fsp3) is 0.941. The summed E-state index contributed by atoms with van der Waals surface area (Å²) in [4.78, 5) is 17.3. The summed E-state index contributed by atoms with van der Waals surface area (Å²) in [6.45, 7) is 5.86. The van der Waals surface area contributed by atoms with Gasteiger partial charge in [-0.3, -0.25) is 9.69 Å². The van der Waals surface area contributed by atoms with Crippen LogP contribution in [0.1, 0.15) is 51.4 Å². The van der Waals surface area contributed by atoms with E-state index >= 15 is 0 Å². The van der Waals surface area contributed by atoms with Crippen molar-refractivity contribution in [1.29, 1.82) is 0 Å². The molecule has 0 aromatic heterocycles. The third kappa shape index (κ3) is 3.98. The number of rotatable bonds is 3. The van der Waals surface area contributed by atoms with Gasteiger partial charge in [0.15, 0.2) is 0 Å². The molecule has 2 saturated heterocycles. The number of hydrogen-bond acceptors (Lipinski definition) is 3. The van der Waals surface area contributed by atoms with Crippen LogP contribution in [0.15, 0.2) is 0 Å². The van der Waals surface area contributed by atoms with Gasteiger partial charge in [0.1, 0.15) is 0 Å². The van der Waals surface area contributed by atoms with Gasteiger partial charge in [0.2, 0.25) is 5.91 Å². The first-order valence-electron chi connectivity index (χ1n) is 9.07. The minimum atomic E-state index is 0.393. The summed E-state index contributed by atoms with van der Waals surface area (Å²) in [6.07, 6.45) is 10.5. The average molecular weight is 293 g/mol. The third-order valence-corrected chi connectivity index (χ3v) is 5.61. The summed E-state index contributed by atoms with van der Waals surface area (Å²) in [6, 6.07) is 0.558. The van der Waals surface area contributed by atoms with E-state index < -0.39 is 0 Å². The number of likely N-dealkylation sites (tertiary alicyclic amines) is 1. The number of nitrogens with zero attached hydrogens (tertiary/aromatic N) is 2. The summed E-state index contributed by atoms with van der Waals surface area (Å²) >= 11 is 0. The number of carbonyl (C=O) groups is 1. The Morgan fingerprint density at radius 2 is 1.76 bits per heavy atom. The predicted molar refractivity (Wildman–Crippen MR) is 85.2 cm³/mol. The maximum atomic E-state index is 12.7. The number of hydrogen-bond donors (Lipinski definition) is 1. The monoisotopic (exact) mass is 293 g/mol. The van der Waals surface area contributed by atoms with Crippen molar-refractivity contribution in [3.8, 4) is 0 Å². The third-order valence-electron chi connectivity index (χ3n) is 5.61. The summed E-state index contributed by atoms with van der Waals surface area (Å²) in [5.41, 5.74) is 0. The molecule has 1 N–H and O–H groups in total. The first-order chi connectivity index (χ1) is 10.3. The van der Waals surface area contributed by atoms with Gasteiger partial charge in [-0.05, 0) is 51.1 Å². The van der Waals surface area contributed by atoms with Crippen LogP contribution in [-0.2, 0) is 4.79 Å². The smallest absolute Gasteiger partial charge is 0.237 e. The largest absolute Gasteiger partial charge is 0.338 e. The van der Waals surface area contributed by atoms with Gasteiger partial charge in [0.05, 0.1) is 6.54 Å². The molecule has 2 heterocycles. The minimum absolute atomic E-state index is 0.393. The fourth-order valence-electron chi connectivity index (χ4n) is 4.45. The fourth-order valence-corrected chi connectivity index (χ4v) is 4.45. The Morgan fingerprint density at radius 1 is 0.905 bits per heavy atom. The maximum Gasteiger partial charge on any atom is 0.237 e. The van der Waals surface area contributed by atoms with Gasteiger partial charge in [-0.2, -0.15) is 0 Å². The van der Waals surface area contributed by atoms with Gasteiger partial charge in [0, 0.05) is 25.7 Å². The topological polar surface area (TPSA) is 35.6 Å². The zero-order valence-corrected chi connectivity index (χ0v) is 13.4. The van der Waals surface area contributed by atoms with Crippen molar-refractivity contribution in [2.24, 2.45) is 5.92 Å². The Kier molecular flexibility index (Phi) is 5.53. The van der Waals surface area contributed by atoms with Crippen LogP contribution in [0.25, 0.3) is 0 Å². The van der Waals surface area contributed by atoms with Crippen molar-refractivity contribution in [3.63, 3.8) is 0 Å². The van der Waals surface area contributed by atoms with Crippen molar-refractivity contribution >= 4 is 5.91 Å². The number of nitrogens with one attached hydrogen (secondary N) is 1. The molecule has 120 valence electrons. The normalized spacial score (nSPS) is 29.5. The highest BCUT2D eigenvalue weighted by atomic mass is 16.2. The van der Waals surface area contributed by atoms with Gasteiger partial charge in [0.25, 0.3) is 0 Å². The Balaban J connectivity index is 1.54. The number of carbonyl (C=O) groups excluding carboxylic acids is 1. The number of amides is 1. The highest BCUT2D eigenvalue weighted by Crippen LogP contribution is 2.34. The van der Waals surface area contributed by atoms with E-state index in [1.54, 1.807) is 0 Å². The van der Waals surface area contributed by atoms with E-state index in [1.165, 1.54) is 51.4 Å². The van der Waals surface area contributed by atoms with E-state index in [0.29, 0.717) is 18.5 Å². The molecular weight excluding hydrogens is 262 g/mol. The second-order valence-corrected chi connectivity index (χ2v) is 7.07. The molecule has 0 aromatic carbocycles. The second kappa shape index (κ2) is 7.59. The Labute approximate surface area is 129 Å². The molecule has 1 saturated carbocycles. The predicted octanol–water partition coefficient (Wildman–Crippen LogP) is 1.85. The molecule has 2 aliphatic heterocycles. The van der Waals surface area contributed by atoms with Gasteiger partial charge in [-0.1, -0.05) is 19.3 Å². The Bertz CT molecular complexity index is 333. The van der Waals surface area contributed by atoms with E-state index in [1.807, 2.05) is 0 Å². The molecule has 4 nitrogen and oxygen atoms in total. The molecule has 4 heteroatoms. The highest BCUT2D eigenvalue weighted by molar-refractivity contribution is 5.79.